The first-order chi connectivity index (χ1) is 10.5. The first kappa shape index (κ1) is 15.7. The van der Waals surface area contributed by atoms with Crippen molar-refractivity contribution in [3.05, 3.63) is 47.7 Å². The first-order valence-electron chi connectivity index (χ1n) is 6.76. The van der Waals surface area contributed by atoms with E-state index in [1.165, 1.54) is 11.9 Å². The van der Waals surface area contributed by atoms with Crippen molar-refractivity contribution >= 4 is 17.6 Å². The summed E-state index contributed by atoms with van der Waals surface area (Å²) in [5.74, 6) is 0.198. The van der Waals surface area contributed by atoms with E-state index in [9.17, 15) is 9.59 Å². The van der Waals surface area contributed by atoms with Crippen LogP contribution in [-0.4, -0.2) is 35.5 Å². The summed E-state index contributed by atoms with van der Waals surface area (Å²) in [6.45, 7) is 1.60. The van der Waals surface area contributed by atoms with Crippen LogP contribution in [0.15, 0.2) is 40.9 Å². The van der Waals surface area contributed by atoms with Gasteiger partial charge >= 0.3 is 0 Å². The van der Waals surface area contributed by atoms with Crippen LogP contribution in [-0.2, 0) is 9.59 Å². The third kappa shape index (κ3) is 3.92. The van der Waals surface area contributed by atoms with Gasteiger partial charge in [-0.1, -0.05) is 35.5 Å². The van der Waals surface area contributed by atoms with Crippen LogP contribution in [0, 0.1) is 6.92 Å². The summed E-state index contributed by atoms with van der Waals surface area (Å²) < 4.78 is 4.85. The number of hydrogen-bond acceptors (Lipinski definition) is 5. The number of benzene rings is 1. The van der Waals surface area contributed by atoms with Crippen LogP contribution >= 0.6 is 0 Å². The lowest BCUT2D eigenvalue weighted by molar-refractivity contribution is -0.134. The van der Waals surface area contributed by atoms with E-state index < -0.39 is 6.04 Å². The van der Waals surface area contributed by atoms with Gasteiger partial charge in [0.05, 0.1) is 6.54 Å². The maximum absolute atomic E-state index is 12.2. The number of nitrogens with two attached hydrogens (primary N) is 1. The Balaban J connectivity index is 1.92. The molecule has 2 rings (SSSR count). The molecule has 0 fully saturated rings. The zero-order valence-corrected chi connectivity index (χ0v) is 12.4. The average molecular weight is 302 g/mol. The lowest BCUT2D eigenvalue weighted by Crippen LogP contribution is -2.40. The number of carbonyl (C=O) groups excluding carboxylic acids is 2. The zero-order chi connectivity index (χ0) is 16.1. The van der Waals surface area contributed by atoms with E-state index in [0.717, 1.165) is 0 Å². The lowest BCUT2D eigenvalue weighted by atomic mass is 10.1. The predicted octanol–water partition coefficient (Wildman–Crippen LogP) is 1.08. The molecule has 7 heteroatoms. The van der Waals surface area contributed by atoms with E-state index in [-0.39, 0.29) is 18.4 Å². The second-order valence-corrected chi connectivity index (χ2v) is 4.95. The molecule has 2 amide bonds. The van der Waals surface area contributed by atoms with Crippen LogP contribution in [0.1, 0.15) is 17.4 Å². The highest BCUT2D eigenvalue weighted by Gasteiger charge is 2.21. The summed E-state index contributed by atoms with van der Waals surface area (Å²) in [6, 6.07) is 9.80. The third-order valence-corrected chi connectivity index (χ3v) is 3.08. The summed E-state index contributed by atoms with van der Waals surface area (Å²) in [5.41, 5.74) is 6.62. The molecule has 0 saturated carbocycles. The second-order valence-electron chi connectivity index (χ2n) is 4.95. The van der Waals surface area contributed by atoms with Gasteiger partial charge in [-0.25, -0.2) is 0 Å². The van der Waals surface area contributed by atoms with Crippen molar-refractivity contribution in [1.29, 1.82) is 0 Å². The summed E-state index contributed by atoms with van der Waals surface area (Å²) in [7, 11) is 1.53. The number of aromatic nitrogens is 1. The highest BCUT2D eigenvalue weighted by Crippen LogP contribution is 2.12. The molecule has 1 aromatic carbocycles. The summed E-state index contributed by atoms with van der Waals surface area (Å²) in [4.78, 5) is 25.4. The Kier molecular flexibility index (Phi) is 4.90. The molecule has 7 nitrogen and oxygen atoms in total. The number of carbonyl (C=O) groups is 2. The molecule has 0 aliphatic carbocycles. The van der Waals surface area contributed by atoms with Crippen molar-refractivity contribution in [2.75, 3.05) is 18.9 Å². The molecular formula is C15H18N4O3. The maximum atomic E-state index is 12.2. The number of amides is 2. The number of aryl methyl sites for hydroxylation is 1. The SMILES string of the molecule is Cc1cc(NC(=O)CN(C)C(=O)[C@H](N)c2ccccc2)no1. The monoisotopic (exact) mass is 302 g/mol. The number of nitrogens with zero attached hydrogens (tertiary/aromatic N) is 2. The van der Waals surface area contributed by atoms with Gasteiger partial charge in [0, 0.05) is 13.1 Å². The highest BCUT2D eigenvalue weighted by molar-refractivity contribution is 5.94. The highest BCUT2D eigenvalue weighted by atomic mass is 16.5. The van der Waals surface area contributed by atoms with Crippen molar-refractivity contribution in [2.45, 2.75) is 13.0 Å². The van der Waals surface area contributed by atoms with Gasteiger partial charge < -0.3 is 20.5 Å². The molecule has 0 bridgehead atoms. The standard InChI is InChI=1S/C15H18N4O3/c1-10-8-12(18-22-10)17-13(20)9-19(2)15(21)14(16)11-6-4-3-5-7-11/h3-8,14H,9,16H2,1-2H3,(H,17,18,20)/t14-/m1/s1. The fourth-order valence-electron chi connectivity index (χ4n) is 1.94. The van der Waals surface area contributed by atoms with Crippen molar-refractivity contribution in [1.82, 2.24) is 10.1 Å². The molecular weight excluding hydrogens is 284 g/mol. The largest absolute Gasteiger partial charge is 0.360 e. The van der Waals surface area contributed by atoms with Gasteiger partial charge in [-0.3, -0.25) is 9.59 Å². The molecule has 0 saturated heterocycles. The zero-order valence-electron chi connectivity index (χ0n) is 12.4. The van der Waals surface area contributed by atoms with Gasteiger partial charge in [0.2, 0.25) is 11.8 Å². The molecule has 0 unspecified atom stereocenters. The van der Waals surface area contributed by atoms with Crippen LogP contribution in [0.4, 0.5) is 5.82 Å². The molecule has 22 heavy (non-hydrogen) atoms. The Hall–Kier alpha value is -2.67. The van der Waals surface area contributed by atoms with Crippen LogP contribution in [0.25, 0.3) is 0 Å². The molecule has 2 aromatic rings. The maximum Gasteiger partial charge on any atom is 0.245 e. The first-order valence-corrected chi connectivity index (χ1v) is 6.76. The summed E-state index contributed by atoms with van der Waals surface area (Å²) in [6.07, 6.45) is 0. The Bertz CT molecular complexity index is 654. The van der Waals surface area contributed by atoms with E-state index in [4.69, 9.17) is 10.3 Å². The van der Waals surface area contributed by atoms with E-state index in [2.05, 4.69) is 10.5 Å². The molecule has 0 spiro atoms. The Morgan fingerprint density at radius 3 is 2.64 bits per heavy atom. The molecule has 1 aromatic heterocycles. The number of rotatable bonds is 5. The normalized spacial score (nSPS) is 11.8. The van der Waals surface area contributed by atoms with E-state index in [0.29, 0.717) is 17.1 Å². The van der Waals surface area contributed by atoms with Crippen LogP contribution in [0.5, 0.6) is 0 Å². The van der Waals surface area contributed by atoms with Crippen molar-refractivity contribution in [3.8, 4) is 0 Å². The van der Waals surface area contributed by atoms with Gasteiger partial charge in [0.1, 0.15) is 11.8 Å². The second kappa shape index (κ2) is 6.86. The van der Waals surface area contributed by atoms with Crippen molar-refractivity contribution in [2.24, 2.45) is 5.73 Å². The lowest BCUT2D eigenvalue weighted by Gasteiger charge is -2.20. The third-order valence-electron chi connectivity index (χ3n) is 3.08. The number of nitrogens with one attached hydrogen (secondary N) is 1. The molecule has 1 atom stereocenters. The van der Waals surface area contributed by atoms with Crippen molar-refractivity contribution < 1.29 is 14.1 Å². The van der Waals surface area contributed by atoms with Crippen LogP contribution in [0.2, 0.25) is 0 Å². The minimum Gasteiger partial charge on any atom is -0.360 e. The quantitative estimate of drug-likeness (QED) is 0.860. The Labute approximate surface area is 128 Å². The molecule has 116 valence electrons. The molecule has 3 N–H and O–H groups in total. The average Bonchev–Trinajstić information content (AvgIpc) is 2.91. The predicted molar refractivity (Wildman–Crippen MR) is 80.9 cm³/mol. The summed E-state index contributed by atoms with van der Waals surface area (Å²) >= 11 is 0. The van der Waals surface area contributed by atoms with Gasteiger partial charge in [-0.15, -0.1) is 0 Å². The summed E-state index contributed by atoms with van der Waals surface area (Å²) in [5, 5.41) is 6.20. The molecule has 0 radical (unpaired) electrons. The molecule has 1 heterocycles. The number of hydrogen-bond donors (Lipinski definition) is 2. The Morgan fingerprint density at radius 2 is 2.05 bits per heavy atom. The van der Waals surface area contributed by atoms with Gasteiger partial charge in [0.25, 0.3) is 0 Å². The van der Waals surface area contributed by atoms with Gasteiger partial charge in [-0.05, 0) is 12.5 Å². The topological polar surface area (TPSA) is 101 Å². The van der Waals surface area contributed by atoms with E-state index in [1.807, 2.05) is 18.2 Å². The van der Waals surface area contributed by atoms with E-state index in [1.54, 1.807) is 25.1 Å². The fraction of sp³-hybridized carbons (Fsp3) is 0.267. The minimum atomic E-state index is -0.798. The number of anilines is 1. The smallest absolute Gasteiger partial charge is 0.245 e. The van der Waals surface area contributed by atoms with Gasteiger partial charge in [0.15, 0.2) is 5.82 Å². The molecule has 0 aliphatic heterocycles. The molecule has 0 aliphatic rings. The Morgan fingerprint density at radius 1 is 1.36 bits per heavy atom. The number of likely N-dealkylation sites (N-methyl/N-ethyl adjacent to an activating group) is 1. The minimum absolute atomic E-state index is 0.120. The van der Waals surface area contributed by atoms with E-state index >= 15 is 0 Å². The van der Waals surface area contributed by atoms with Crippen molar-refractivity contribution in [3.63, 3.8) is 0 Å². The fourth-order valence-corrected chi connectivity index (χ4v) is 1.94. The van der Waals surface area contributed by atoms with Crippen LogP contribution in [0.3, 0.4) is 0 Å². The van der Waals surface area contributed by atoms with Crippen LogP contribution < -0.4 is 11.1 Å². The van der Waals surface area contributed by atoms with Gasteiger partial charge in [-0.2, -0.15) is 0 Å².